The van der Waals surface area contributed by atoms with Crippen molar-refractivity contribution >= 4 is 21.7 Å². The van der Waals surface area contributed by atoms with Crippen molar-refractivity contribution in [2.24, 2.45) is 34.5 Å². The van der Waals surface area contributed by atoms with Crippen LogP contribution in [-0.4, -0.2) is 26.6 Å². The van der Waals surface area contributed by atoms with Crippen LogP contribution in [0, 0.1) is 41.4 Å². The third-order valence-corrected chi connectivity index (χ3v) is 10.8. The molecule has 0 spiro atoms. The molecule has 3 saturated carbocycles. The number of hydrogen-bond acceptors (Lipinski definition) is 5. The lowest BCUT2D eigenvalue weighted by Crippen LogP contribution is -2.53. The van der Waals surface area contributed by atoms with Gasteiger partial charge in [0.15, 0.2) is 5.78 Å². The van der Waals surface area contributed by atoms with Crippen molar-refractivity contribution in [3.8, 4) is 0 Å². The summed E-state index contributed by atoms with van der Waals surface area (Å²) in [5.74, 6) is 1.58. The monoisotopic (exact) mass is 470 g/mol. The molecule has 1 aromatic rings. The predicted octanol–water partition coefficient (Wildman–Crippen LogP) is 5.03. The Hall–Kier alpha value is -1.79. The number of ketones is 2. The maximum absolute atomic E-state index is 13.0. The van der Waals surface area contributed by atoms with Crippen LogP contribution in [0.15, 0.2) is 40.8 Å². The fraction of sp³-hybridized carbons (Fsp3) is 0.630. The highest BCUT2D eigenvalue weighted by molar-refractivity contribution is 7.86. The van der Waals surface area contributed by atoms with Gasteiger partial charge in [-0.3, -0.25) is 13.8 Å². The molecule has 33 heavy (non-hydrogen) atoms. The van der Waals surface area contributed by atoms with Crippen LogP contribution in [0.3, 0.4) is 0 Å². The molecule has 0 bridgehead atoms. The average Bonchev–Trinajstić information content (AvgIpc) is 3.02. The van der Waals surface area contributed by atoms with E-state index in [4.69, 9.17) is 4.18 Å². The lowest BCUT2D eigenvalue weighted by atomic mass is 9.47. The second-order valence-corrected chi connectivity index (χ2v) is 12.8. The highest BCUT2D eigenvalue weighted by Gasteiger charge is 2.61. The van der Waals surface area contributed by atoms with E-state index >= 15 is 0 Å². The van der Waals surface area contributed by atoms with E-state index in [1.54, 1.807) is 30.3 Å². The number of Topliss-reactive ketones (excluding diaryl/α,β-unsaturated/α-hetero) is 1. The molecule has 3 fully saturated rings. The van der Waals surface area contributed by atoms with Crippen LogP contribution in [0.5, 0.6) is 0 Å². The van der Waals surface area contributed by atoms with Crippen molar-refractivity contribution in [2.45, 2.75) is 70.6 Å². The number of aryl methyl sites for hydroxylation is 1. The topological polar surface area (TPSA) is 77.5 Å². The third kappa shape index (κ3) is 3.56. The highest BCUT2D eigenvalue weighted by atomic mass is 32.2. The zero-order valence-corrected chi connectivity index (χ0v) is 20.6. The molecule has 178 valence electrons. The van der Waals surface area contributed by atoms with E-state index in [2.05, 4.69) is 13.8 Å². The highest BCUT2D eigenvalue weighted by Crippen LogP contribution is 2.65. The van der Waals surface area contributed by atoms with Gasteiger partial charge in [0.2, 0.25) is 0 Å². The van der Waals surface area contributed by atoms with Gasteiger partial charge in [-0.2, -0.15) is 8.42 Å². The smallest absolute Gasteiger partial charge is 0.297 e. The first-order valence-electron chi connectivity index (χ1n) is 12.3. The van der Waals surface area contributed by atoms with Gasteiger partial charge >= 0.3 is 0 Å². The Morgan fingerprint density at radius 3 is 2.48 bits per heavy atom. The molecule has 0 saturated heterocycles. The molecule has 0 N–H and O–H groups in total. The fourth-order valence-corrected chi connectivity index (χ4v) is 8.67. The normalized spacial score (nSPS) is 38.3. The van der Waals surface area contributed by atoms with Gasteiger partial charge in [-0.25, -0.2) is 0 Å². The van der Waals surface area contributed by atoms with Crippen LogP contribution in [0.25, 0.3) is 0 Å². The minimum absolute atomic E-state index is 0.0798. The SMILES string of the molecule is Cc1ccc(S(=O)(=O)OC[C@]23CCC(=O)C=C2CC[C@@H]2[C@H]3CC[C@]3(C)C(=O)C(C)C[C@@H]23)cc1. The standard InChI is InChI=1S/C27H34O5S/c1-17-4-7-21(8-5-17)33(30,31)32-16-27-13-10-20(28)15-19(27)6-9-22-23(27)11-12-26(3)24(22)14-18(2)25(26)29/h4-5,7-8,15,18,22-24H,6,9-14,16H2,1-3H3/t18?,22-,23-,24+,26+,27-/m1/s1. The molecule has 5 nitrogen and oxygen atoms in total. The molecular weight excluding hydrogens is 436 g/mol. The Labute approximate surface area is 197 Å². The minimum atomic E-state index is -3.90. The van der Waals surface area contributed by atoms with Crippen LogP contribution >= 0.6 is 0 Å². The van der Waals surface area contributed by atoms with E-state index in [9.17, 15) is 18.0 Å². The van der Waals surface area contributed by atoms with Gasteiger partial charge in [-0.05, 0) is 81.4 Å². The second-order valence-electron chi connectivity index (χ2n) is 11.2. The van der Waals surface area contributed by atoms with Gasteiger partial charge in [0.05, 0.1) is 11.5 Å². The van der Waals surface area contributed by atoms with E-state index in [1.807, 2.05) is 6.92 Å². The Morgan fingerprint density at radius 1 is 1.03 bits per heavy atom. The Kier molecular flexibility index (Phi) is 5.48. The Bertz CT molecular complexity index is 1120. The first kappa shape index (κ1) is 23.0. The summed E-state index contributed by atoms with van der Waals surface area (Å²) in [6.45, 7) is 6.21. The van der Waals surface area contributed by atoms with Crippen molar-refractivity contribution in [2.75, 3.05) is 6.61 Å². The summed E-state index contributed by atoms with van der Waals surface area (Å²) >= 11 is 0. The quantitative estimate of drug-likeness (QED) is 0.577. The maximum Gasteiger partial charge on any atom is 0.297 e. The van der Waals surface area contributed by atoms with Crippen molar-refractivity contribution in [1.29, 1.82) is 0 Å². The van der Waals surface area contributed by atoms with Crippen molar-refractivity contribution in [3.05, 3.63) is 41.5 Å². The van der Waals surface area contributed by atoms with Crippen LogP contribution in [0.4, 0.5) is 0 Å². The van der Waals surface area contributed by atoms with Crippen LogP contribution < -0.4 is 0 Å². The van der Waals surface area contributed by atoms with Gasteiger partial charge in [0.25, 0.3) is 10.1 Å². The number of fused-ring (bicyclic) bond motifs is 5. The van der Waals surface area contributed by atoms with E-state index in [0.717, 1.165) is 43.2 Å². The molecule has 4 aliphatic carbocycles. The van der Waals surface area contributed by atoms with E-state index in [-0.39, 0.29) is 34.5 Å². The molecule has 1 unspecified atom stereocenters. The van der Waals surface area contributed by atoms with Gasteiger partial charge in [-0.1, -0.05) is 37.1 Å². The van der Waals surface area contributed by atoms with Crippen molar-refractivity contribution < 1.29 is 22.2 Å². The summed E-state index contributed by atoms with van der Waals surface area (Å²) in [6, 6.07) is 6.72. The third-order valence-electron chi connectivity index (χ3n) is 9.47. The lowest BCUT2D eigenvalue weighted by Gasteiger charge is -2.57. The Balaban J connectivity index is 1.48. The summed E-state index contributed by atoms with van der Waals surface area (Å²) in [4.78, 5) is 25.5. The first-order chi connectivity index (χ1) is 15.6. The molecule has 0 heterocycles. The predicted molar refractivity (Wildman–Crippen MR) is 125 cm³/mol. The minimum Gasteiger partial charge on any atom is -0.299 e. The molecule has 0 radical (unpaired) electrons. The van der Waals surface area contributed by atoms with Gasteiger partial charge in [0, 0.05) is 23.2 Å². The van der Waals surface area contributed by atoms with E-state index < -0.39 is 15.5 Å². The van der Waals surface area contributed by atoms with Gasteiger partial charge in [0.1, 0.15) is 5.78 Å². The maximum atomic E-state index is 13.0. The summed E-state index contributed by atoms with van der Waals surface area (Å²) in [5, 5.41) is 0. The summed E-state index contributed by atoms with van der Waals surface area (Å²) in [5.41, 5.74) is 1.36. The van der Waals surface area contributed by atoms with E-state index in [1.165, 1.54) is 0 Å². The average molecular weight is 471 g/mol. The number of rotatable bonds is 4. The molecule has 0 aromatic heterocycles. The number of carbonyl (C=O) groups excluding carboxylic acids is 2. The number of benzene rings is 1. The first-order valence-corrected chi connectivity index (χ1v) is 13.7. The molecule has 5 rings (SSSR count). The van der Waals surface area contributed by atoms with Crippen LogP contribution in [0.1, 0.15) is 64.4 Å². The summed E-state index contributed by atoms with van der Waals surface area (Å²) in [6.07, 6.45) is 7.25. The molecular formula is C27H34O5S. The van der Waals surface area contributed by atoms with Crippen molar-refractivity contribution in [3.63, 3.8) is 0 Å². The zero-order valence-electron chi connectivity index (χ0n) is 19.8. The number of carbonyl (C=O) groups is 2. The van der Waals surface area contributed by atoms with E-state index in [0.29, 0.717) is 30.5 Å². The van der Waals surface area contributed by atoms with Gasteiger partial charge < -0.3 is 0 Å². The van der Waals surface area contributed by atoms with Crippen LogP contribution in [0.2, 0.25) is 0 Å². The summed E-state index contributed by atoms with van der Waals surface area (Å²) in [7, 11) is -3.90. The lowest BCUT2D eigenvalue weighted by molar-refractivity contribution is -0.135. The molecule has 6 heteroatoms. The molecule has 4 aliphatic rings. The molecule has 6 atom stereocenters. The van der Waals surface area contributed by atoms with Crippen LogP contribution in [-0.2, 0) is 23.9 Å². The second kappa shape index (κ2) is 7.88. The molecule has 0 amide bonds. The fourth-order valence-electron chi connectivity index (χ4n) is 7.70. The largest absolute Gasteiger partial charge is 0.299 e. The Morgan fingerprint density at radius 2 is 1.76 bits per heavy atom. The zero-order chi connectivity index (χ0) is 23.6. The van der Waals surface area contributed by atoms with Gasteiger partial charge in [-0.15, -0.1) is 0 Å². The molecule has 1 aromatic carbocycles. The van der Waals surface area contributed by atoms with Crippen molar-refractivity contribution in [1.82, 2.24) is 0 Å². The molecule has 0 aliphatic heterocycles. The summed E-state index contributed by atoms with van der Waals surface area (Å²) < 4.78 is 31.9. The number of hydrogen-bond donors (Lipinski definition) is 0.